The summed E-state index contributed by atoms with van der Waals surface area (Å²) in [4.78, 5) is 45.5. The second-order valence-corrected chi connectivity index (χ2v) is 5.15. The Hall–Kier alpha value is -1.96. The molecule has 1 fully saturated rings. The fourth-order valence-electron chi connectivity index (χ4n) is 2.38. The summed E-state index contributed by atoms with van der Waals surface area (Å²) in [6.45, 7) is 6.44. The van der Waals surface area contributed by atoms with Crippen LogP contribution >= 0.6 is 0 Å². The molecular formula is C14H20O8. The summed E-state index contributed by atoms with van der Waals surface area (Å²) in [6, 6.07) is 0. The smallest absolute Gasteiger partial charge is 0.305 e. The Morgan fingerprint density at radius 3 is 1.64 bits per heavy atom. The van der Waals surface area contributed by atoms with Gasteiger partial charge < -0.3 is 18.9 Å². The van der Waals surface area contributed by atoms with Crippen LogP contribution in [0.5, 0.6) is 0 Å². The van der Waals surface area contributed by atoms with Gasteiger partial charge in [-0.3, -0.25) is 19.2 Å². The molecule has 1 rings (SSSR count). The number of rotatable bonds is 4. The van der Waals surface area contributed by atoms with Crippen LogP contribution < -0.4 is 0 Å². The van der Waals surface area contributed by atoms with Crippen molar-refractivity contribution in [2.45, 2.75) is 59.2 Å². The number of ether oxygens (including phenoxy) is 4. The predicted molar refractivity (Wildman–Crippen MR) is 71.4 cm³/mol. The molecule has 1 aliphatic heterocycles. The summed E-state index contributed by atoms with van der Waals surface area (Å²) in [5, 5.41) is 0. The molecular weight excluding hydrogens is 296 g/mol. The Labute approximate surface area is 128 Å². The summed E-state index contributed by atoms with van der Waals surface area (Å²) in [6.07, 6.45) is -4.37. The van der Waals surface area contributed by atoms with E-state index < -0.39 is 48.4 Å². The second-order valence-electron chi connectivity index (χ2n) is 5.15. The van der Waals surface area contributed by atoms with E-state index in [9.17, 15) is 19.2 Å². The minimum Gasteiger partial charge on any atom is -0.458 e. The van der Waals surface area contributed by atoms with Crippen molar-refractivity contribution in [1.82, 2.24) is 0 Å². The highest BCUT2D eigenvalue weighted by atomic mass is 16.7. The maximum Gasteiger partial charge on any atom is 0.305 e. The van der Waals surface area contributed by atoms with E-state index in [1.54, 1.807) is 6.92 Å². The molecule has 0 aromatic rings. The van der Waals surface area contributed by atoms with Crippen LogP contribution in [0.15, 0.2) is 0 Å². The molecule has 1 heterocycles. The van der Waals surface area contributed by atoms with Gasteiger partial charge >= 0.3 is 17.9 Å². The molecule has 1 saturated heterocycles. The Morgan fingerprint density at radius 1 is 0.773 bits per heavy atom. The van der Waals surface area contributed by atoms with Gasteiger partial charge in [0.15, 0.2) is 11.9 Å². The minimum absolute atomic E-state index is 0.317. The molecule has 0 spiro atoms. The zero-order valence-electron chi connectivity index (χ0n) is 13.2. The average molecular weight is 316 g/mol. The van der Waals surface area contributed by atoms with Crippen molar-refractivity contribution in [3.05, 3.63) is 0 Å². The van der Waals surface area contributed by atoms with Gasteiger partial charge in [-0.1, -0.05) is 6.92 Å². The zero-order valence-corrected chi connectivity index (χ0v) is 13.2. The van der Waals surface area contributed by atoms with Gasteiger partial charge in [-0.25, -0.2) is 0 Å². The molecule has 8 nitrogen and oxygen atoms in total. The number of ketones is 1. The maximum atomic E-state index is 11.7. The SMILES string of the molecule is CC(=O)OC1O[C@H](C(C)=O)[C@@H](C)[C@H](OC(C)=O)[C@H]1OC(C)=O. The molecule has 0 radical (unpaired) electrons. The first-order valence-electron chi connectivity index (χ1n) is 6.81. The summed E-state index contributed by atoms with van der Waals surface area (Å²) >= 11 is 0. The summed E-state index contributed by atoms with van der Waals surface area (Å²) < 4.78 is 20.7. The first-order chi connectivity index (χ1) is 10.1. The lowest BCUT2D eigenvalue weighted by Gasteiger charge is -2.42. The van der Waals surface area contributed by atoms with Gasteiger partial charge in [-0.15, -0.1) is 0 Å². The second kappa shape index (κ2) is 7.35. The van der Waals surface area contributed by atoms with Crippen LogP contribution in [0, 0.1) is 5.92 Å². The maximum absolute atomic E-state index is 11.7. The molecule has 8 heteroatoms. The van der Waals surface area contributed by atoms with Crippen molar-refractivity contribution in [3.63, 3.8) is 0 Å². The fourth-order valence-corrected chi connectivity index (χ4v) is 2.38. The average Bonchev–Trinajstić information content (AvgIpc) is 2.35. The monoisotopic (exact) mass is 316 g/mol. The van der Waals surface area contributed by atoms with Crippen LogP contribution in [-0.2, 0) is 38.1 Å². The van der Waals surface area contributed by atoms with Crippen LogP contribution in [0.1, 0.15) is 34.6 Å². The number of carbonyl (C=O) groups excluding carboxylic acids is 4. The summed E-state index contributed by atoms with van der Waals surface area (Å²) in [7, 11) is 0. The quantitative estimate of drug-likeness (QED) is 0.541. The van der Waals surface area contributed by atoms with Gasteiger partial charge in [0.1, 0.15) is 6.10 Å². The molecule has 5 atom stereocenters. The van der Waals surface area contributed by atoms with E-state index in [0.29, 0.717) is 0 Å². The lowest BCUT2D eigenvalue weighted by atomic mass is 9.88. The molecule has 22 heavy (non-hydrogen) atoms. The molecule has 0 N–H and O–H groups in total. The molecule has 1 aliphatic rings. The van der Waals surface area contributed by atoms with Crippen LogP contribution in [0.2, 0.25) is 0 Å². The highest BCUT2D eigenvalue weighted by Crippen LogP contribution is 2.31. The molecule has 0 bridgehead atoms. The van der Waals surface area contributed by atoms with E-state index in [1.807, 2.05) is 0 Å². The van der Waals surface area contributed by atoms with Crippen LogP contribution in [0.4, 0.5) is 0 Å². The lowest BCUT2D eigenvalue weighted by Crippen LogP contribution is -2.59. The number of Topliss-reactive ketones (excluding diaryl/α,β-unsaturated/α-hetero) is 1. The Morgan fingerprint density at radius 2 is 1.23 bits per heavy atom. The van der Waals surface area contributed by atoms with Crippen LogP contribution in [-0.4, -0.2) is 48.3 Å². The topological polar surface area (TPSA) is 105 Å². The Kier molecular flexibility index (Phi) is 6.04. The van der Waals surface area contributed by atoms with Gasteiger partial charge in [0.25, 0.3) is 0 Å². The Bertz CT molecular complexity index is 455. The van der Waals surface area contributed by atoms with E-state index in [4.69, 9.17) is 18.9 Å². The van der Waals surface area contributed by atoms with Crippen molar-refractivity contribution in [2.24, 2.45) is 5.92 Å². The summed E-state index contributed by atoms with van der Waals surface area (Å²) in [5.74, 6) is -2.84. The number of carbonyl (C=O) groups is 4. The zero-order chi connectivity index (χ0) is 17.0. The molecule has 0 amide bonds. The standard InChI is InChI=1S/C14H20O8/c1-6-11(7(2)15)22-14(21-10(5)18)13(20-9(4)17)12(6)19-8(3)16/h6,11-14H,1-5H3/t6-,11+,12+,13-,14?/m1/s1. The largest absolute Gasteiger partial charge is 0.458 e. The van der Waals surface area contributed by atoms with Gasteiger partial charge in [-0.05, 0) is 6.92 Å². The van der Waals surface area contributed by atoms with Crippen molar-refractivity contribution >= 4 is 23.7 Å². The van der Waals surface area contributed by atoms with Crippen molar-refractivity contribution in [3.8, 4) is 0 Å². The first-order valence-corrected chi connectivity index (χ1v) is 6.81. The molecule has 0 saturated carbocycles. The highest BCUT2D eigenvalue weighted by molar-refractivity contribution is 5.81. The molecule has 0 aliphatic carbocycles. The van der Waals surface area contributed by atoms with Crippen LogP contribution in [0.25, 0.3) is 0 Å². The Balaban J connectivity index is 3.15. The van der Waals surface area contributed by atoms with Gasteiger partial charge in [0, 0.05) is 26.7 Å². The van der Waals surface area contributed by atoms with E-state index in [-0.39, 0.29) is 5.78 Å². The molecule has 0 aromatic heterocycles. The number of hydrogen-bond acceptors (Lipinski definition) is 8. The van der Waals surface area contributed by atoms with Crippen molar-refractivity contribution in [1.29, 1.82) is 0 Å². The van der Waals surface area contributed by atoms with Gasteiger partial charge in [0.05, 0.1) is 0 Å². The number of hydrogen-bond donors (Lipinski definition) is 0. The normalized spacial score (nSPS) is 31.0. The number of esters is 3. The lowest BCUT2D eigenvalue weighted by molar-refractivity contribution is -0.276. The third-order valence-electron chi connectivity index (χ3n) is 3.16. The third kappa shape index (κ3) is 4.52. The fraction of sp³-hybridized carbons (Fsp3) is 0.714. The summed E-state index contributed by atoms with van der Waals surface area (Å²) in [5.41, 5.74) is 0. The molecule has 1 unspecified atom stereocenters. The first kappa shape index (κ1) is 18.1. The van der Waals surface area contributed by atoms with E-state index in [1.165, 1.54) is 13.8 Å². The van der Waals surface area contributed by atoms with Crippen molar-refractivity contribution < 1.29 is 38.1 Å². The highest BCUT2D eigenvalue weighted by Gasteiger charge is 2.50. The van der Waals surface area contributed by atoms with Gasteiger partial charge in [0.2, 0.25) is 12.4 Å². The van der Waals surface area contributed by atoms with E-state index in [0.717, 1.165) is 13.8 Å². The van der Waals surface area contributed by atoms with Crippen molar-refractivity contribution in [2.75, 3.05) is 0 Å². The van der Waals surface area contributed by atoms with E-state index >= 15 is 0 Å². The van der Waals surface area contributed by atoms with E-state index in [2.05, 4.69) is 0 Å². The third-order valence-corrected chi connectivity index (χ3v) is 3.16. The minimum atomic E-state index is -1.32. The molecule has 124 valence electrons. The molecule has 0 aromatic carbocycles. The van der Waals surface area contributed by atoms with Gasteiger partial charge in [-0.2, -0.15) is 0 Å². The predicted octanol–water partition coefficient (Wildman–Crippen LogP) is 0.363. The van der Waals surface area contributed by atoms with Crippen LogP contribution in [0.3, 0.4) is 0 Å².